The first-order chi connectivity index (χ1) is 9.34. The fraction of sp³-hybridized carbons (Fsp3) is 0. The minimum absolute atomic E-state index is 1.07. The topological polar surface area (TPSA) is 0 Å². The number of rotatable bonds is 0. The Labute approximate surface area is 119 Å². The van der Waals surface area contributed by atoms with Crippen molar-refractivity contribution in [1.29, 1.82) is 0 Å². The molecule has 0 aliphatic carbocycles. The molecule has 0 heterocycles. The van der Waals surface area contributed by atoms with E-state index in [9.17, 15) is 0 Å². The lowest BCUT2D eigenvalue weighted by Gasteiger charge is -2.08. The third-order valence-electron chi connectivity index (χ3n) is 3.55. The summed E-state index contributed by atoms with van der Waals surface area (Å²) in [7, 11) is 0. The van der Waals surface area contributed by atoms with E-state index in [2.05, 4.69) is 76.6 Å². The summed E-state index contributed by atoms with van der Waals surface area (Å²) in [6.45, 7) is 0. The van der Waals surface area contributed by atoms with E-state index < -0.39 is 0 Å². The van der Waals surface area contributed by atoms with Gasteiger partial charge in [-0.2, -0.15) is 0 Å². The van der Waals surface area contributed by atoms with Gasteiger partial charge in [-0.1, -0.05) is 48.5 Å². The molecule has 4 rings (SSSR count). The zero-order chi connectivity index (χ0) is 12.8. The fourth-order valence-electron chi connectivity index (χ4n) is 2.70. The molecular formula is C18H9Br. The van der Waals surface area contributed by atoms with Crippen LogP contribution in [0.1, 0.15) is 0 Å². The number of benzene rings is 3. The van der Waals surface area contributed by atoms with Gasteiger partial charge in [0, 0.05) is 15.2 Å². The van der Waals surface area contributed by atoms with Gasteiger partial charge in [0.05, 0.1) is 0 Å². The summed E-state index contributed by atoms with van der Waals surface area (Å²) in [6.07, 6.45) is 0. The van der Waals surface area contributed by atoms with Crippen molar-refractivity contribution in [2.75, 3.05) is 0 Å². The summed E-state index contributed by atoms with van der Waals surface area (Å²) in [5.74, 6) is 0. The molecule has 0 unspecified atom stereocenters. The molecule has 0 fully saturated rings. The molecule has 0 amide bonds. The SMILES string of the molecule is Brc1cc2ccc3ccccc3c2c2ccc#cc12. The predicted molar refractivity (Wildman–Crippen MR) is 84.3 cm³/mol. The summed E-state index contributed by atoms with van der Waals surface area (Å²) >= 11 is 3.63. The molecule has 0 saturated carbocycles. The Kier molecular flexibility index (Phi) is 2.27. The Balaban J connectivity index is 2.39. The zero-order valence-corrected chi connectivity index (χ0v) is 11.7. The second kappa shape index (κ2) is 3.98. The van der Waals surface area contributed by atoms with Gasteiger partial charge in [-0.05, 0) is 55.7 Å². The van der Waals surface area contributed by atoms with Gasteiger partial charge in [-0.3, -0.25) is 0 Å². The fourth-order valence-corrected chi connectivity index (χ4v) is 3.26. The first-order valence-corrected chi connectivity index (χ1v) is 6.96. The van der Waals surface area contributed by atoms with Crippen LogP contribution in [0.15, 0.2) is 59.1 Å². The van der Waals surface area contributed by atoms with Crippen molar-refractivity contribution in [3.8, 4) is 0 Å². The van der Waals surface area contributed by atoms with Crippen LogP contribution in [0.2, 0.25) is 0 Å². The van der Waals surface area contributed by atoms with Gasteiger partial charge in [0.1, 0.15) is 0 Å². The summed E-state index contributed by atoms with van der Waals surface area (Å²) in [4.78, 5) is 0. The average Bonchev–Trinajstić information content (AvgIpc) is 2.47. The van der Waals surface area contributed by atoms with Crippen LogP contribution in [0.4, 0.5) is 0 Å². The van der Waals surface area contributed by atoms with Gasteiger partial charge in [-0.25, -0.2) is 0 Å². The van der Waals surface area contributed by atoms with Crippen molar-refractivity contribution in [1.82, 2.24) is 0 Å². The van der Waals surface area contributed by atoms with Crippen molar-refractivity contribution >= 4 is 48.2 Å². The highest BCUT2D eigenvalue weighted by Crippen LogP contribution is 2.35. The highest BCUT2D eigenvalue weighted by molar-refractivity contribution is 9.10. The second-order valence-electron chi connectivity index (χ2n) is 4.63. The maximum atomic E-state index is 3.63. The predicted octanol–water partition coefficient (Wildman–Crippen LogP) is 5.51. The zero-order valence-electron chi connectivity index (χ0n) is 10.1. The molecule has 0 radical (unpaired) electrons. The van der Waals surface area contributed by atoms with E-state index in [1.165, 1.54) is 26.9 Å². The van der Waals surface area contributed by atoms with Crippen molar-refractivity contribution < 1.29 is 0 Å². The smallest absolute Gasteiger partial charge is 0.0470 e. The van der Waals surface area contributed by atoms with Crippen molar-refractivity contribution in [2.24, 2.45) is 0 Å². The van der Waals surface area contributed by atoms with Crippen LogP contribution in [0, 0.1) is 12.1 Å². The molecule has 0 aromatic heterocycles. The first-order valence-electron chi connectivity index (χ1n) is 6.17. The molecule has 1 heteroatoms. The van der Waals surface area contributed by atoms with Crippen molar-refractivity contribution in [3.05, 3.63) is 71.2 Å². The lowest BCUT2D eigenvalue weighted by atomic mass is 9.97. The summed E-state index contributed by atoms with van der Waals surface area (Å²) in [5.41, 5.74) is 0. The molecule has 4 aromatic carbocycles. The van der Waals surface area contributed by atoms with E-state index in [1.54, 1.807) is 0 Å². The second-order valence-corrected chi connectivity index (χ2v) is 5.49. The Morgan fingerprint density at radius 3 is 2.63 bits per heavy atom. The molecule has 0 bridgehead atoms. The van der Waals surface area contributed by atoms with Crippen LogP contribution >= 0.6 is 15.9 Å². The number of hydrogen-bond acceptors (Lipinski definition) is 0. The molecule has 0 nitrogen and oxygen atoms in total. The third-order valence-corrected chi connectivity index (χ3v) is 4.18. The molecule has 0 atom stereocenters. The molecule has 0 spiro atoms. The van der Waals surface area contributed by atoms with Crippen LogP contribution in [0.3, 0.4) is 0 Å². The van der Waals surface area contributed by atoms with Gasteiger partial charge >= 0.3 is 0 Å². The maximum absolute atomic E-state index is 3.63. The molecule has 0 aliphatic heterocycles. The molecule has 4 aromatic rings. The Morgan fingerprint density at radius 2 is 1.68 bits per heavy atom. The van der Waals surface area contributed by atoms with Crippen molar-refractivity contribution in [3.63, 3.8) is 0 Å². The van der Waals surface area contributed by atoms with Gasteiger partial charge in [0.25, 0.3) is 0 Å². The van der Waals surface area contributed by atoms with Crippen LogP contribution in [-0.4, -0.2) is 0 Å². The maximum Gasteiger partial charge on any atom is 0.0470 e. The molecule has 0 aliphatic rings. The summed E-state index contributed by atoms with van der Waals surface area (Å²) in [5, 5.41) is 7.41. The minimum Gasteiger partial charge on any atom is -0.0695 e. The normalized spacial score (nSPS) is 11.0. The lowest BCUT2D eigenvalue weighted by molar-refractivity contribution is 1.76. The van der Waals surface area contributed by atoms with E-state index in [0.717, 1.165) is 9.86 Å². The highest BCUT2D eigenvalue weighted by Gasteiger charge is 2.07. The van der Waals surface area contributed by atoms with Crippen LogP contribution in [0.5, 0.6) is 0 Å². The quantitative estimate of drug-likeness (QED) is 0.376. The van der Waals surface area contributed by atoms with E-state index in [1.807, 2.05) is 6.07 Å². The van der Waals surface area contributed by atoms with E-state index in [0.29, 0.717) is 0 Å². The van der Waals surface area contributed by atoms with Gasteiger partial charge in [-0.15, -0.1) is 0 Å². The monoisotopic (exact) mass is 304 g/mol. The minimum atomic E-state index is 1.07. The van der Waals surface area contributed by atoms with Gasteiger partial charge in [0.2, 0.25) is 0 Å². The first kappa shape index (κ1) is 10.8. The average molecular weight is 305 g/mol. The van der Waals surface area contributed by atoms with Gasteiger partial charge < -0.3 is 0 Å². The summed E-state index contributed by atoms with van der Waals surface area (Å²) < 4.78 is 1.07. The molecule has 0 N–H and O–H groups in total. The number of halogens is 1. The van der Waals surface area contributed by atoms with Crippen molar-refractivity contribution in [2.45, 2.75) is 0 Å². The number of fused-ring (bicyclic) bond motifs is 5. The standard InChI is InChI=1S/C18H9Br/c19-17-11-13-10-9-12-5-1-2-6-14(12)18(13)16-8-4-3-7-15(16)17/h1-2,4-6,8-11H. The van der Waals surface area contributed by atoms with E-state index in [-0.39, 0.29) is 0 Å². The Hall–Kier alpha value is -2.04. The van der Waals surface area contributed by atoms with Crippen LogP contribution in [0.25, 0.3) is 32.3 Å². The van der Waals surface area contributed by atoms with Crippen LogP contribution < -0.4 is 0 Å². The summed E-state index contributed by atoms with van der Waals surface area (Å²) in [6, 6.07) is 25.3. The highest BCUT2D eigenvalue weighted by atomic mass is 79.9. The molecule has 88 valence electrons. The number of hydrogen-bond donors (Lipinski definition) is 0. The third kappa shape index (κ3) is 1.54. The van der Waals surface area contributed by atoms with E-state index in [4.69, 9.17) is 0 Å². The van der Waals surface area contributed by atoms with E-state index >= 15 is 0 Å². The van der Waals surface area contributed by atoms with Gasteiger partial charge in [0.15, 0.2) is 0 Å². The lowest BCUT2D eigenvalue weighted by Crippen LogP contribution is -1.81. The molecule has 0 saturated heterocycles. The largest absolute Gasteiger partial charge is 0.0695 e. The Morgan fingerprint density at radius 1 is 0.842 bits per heavy atom. The van der Waals surface area contributed by atoms with Crippen LogP contribution in [-0.2, 0) is 0 Å². The molecular weight excluding hydrogens is 296 g/mol. The molecule has 19 heavy (non-hydrogen) atoms. The Bertz CT molecular complexity index is 922.